The number of aliphatic hydroxyl groups is 1. The first-order chi connectivity index (χ1) is 7.72. The molecular weight excluding hydrogens is 206 g/mol. The van der Waals surface area contributed by atoms with Crippen molar-refractivity contribution in [2.75, 3.05) is 13.2 Å². The Labute approximate surface area is 96.7 Å². The molecule has 0 aromatic carbocycles. The van der Waals surface area contributed by atoms with Gasteiger partial charge in [-0.05, 0) is 26.2 Å². The maximum atomic E-state index is 11.1. The van der Waals surface area contributed by atoms with Gasteiger partial charge in [-0.3, -0.25) is 4.79 Å². The van der Waals surface area contributed by atoms with Crippen molar-refractivity contribution in [1.82, 2.24) is 5.32 Å². The Morgan fingerprint density at radius 2 is 2.44 bits per heavy atom. The number of rotatable bonds is 6. The van der Waals surface area contributed by atoms with Gasteiger partial charge in [0, 0.05) is 12.6 Å². The van der Waals surface area contributed by atoms with Crippen LogP contribution in [0.4, 0.5) is 0 Å². The van der Waals surface area contributed by atoms with Gasteiger partial charge in [-0.1, -0.05) is 12.2 Å². The highest BCUT2D eigenvalue weighted by molar-refractivity contribution is 5.69. The zero-order chi connectivity index (χ0) is 11.8. The zero-order valence-corrected chi connectivity index (χ0v) is 9.82. The third-order valence-corrected chi connectivity index (χ3v) is 2.62. The van der Waals surface area contributed by atoms with Crippen LogP contribution in [0.3, 0.4) is 0 Å². The monoisotopic (exact) mass is 227 g/mol. The Morgan fingerprint density at radius 1 is 1.62 bits per heavy atom. The molecule has 0 heterocycles. The number of allylic oxidation sites excluding steroid dienone is 1. The van der Waals surface area contributed by atoms with Crippen molar-refractivity contribution in [3.63, 3.8) is 0 Å². The summed E-state index contributed by atoms with van der Waals surface area (Å²) in [5.74, 6) is -0.333. The van der Waals surface area contributed by atoms with Crippen molar-refractivity contribution >= 4 is 5.97 Å². The quantitative estimate of drug-likeness (QED) is 0.525. The average Bonchev–Trinajstić information content (AvgIpc) is 2.28. The molecule has 2 unspecified atom stereocenters. The molecule has 1 aliphatic carbocycles. The smallest absolute Gasteiger partial charge is 0.308 e. The Bertz CT molecular complexity index is 240. The summed E-state index contributed by atoms with van der Waals surface area (Å²) >= 11 is 0. The molecule has 0 aliphatic heterocycles. The maximum Gasteiger partial charge on any atom is 0.308 e. The molecule has 0 aromatic rings. The molecular formula is C12H21NO3. The van der Waals surface area contributed by atoms with Crippen molar-refractivity contribution < 1.29 is 14.6 Å². The van der Waals surface area contributed by atoms with E-state index in [0.29, 0.717) is 19.2 Å². The van der Waals surface area contributed by atoms with Crippen LogP contribution in [-0.2, 0) is 9.53 Å². The Balaban J connectivity index is 2.11. The normalized spacial score (nSPS) is 21.8. The summed E-state index contributed by atoms with van der Waals surface area (Å²) < 4.78 is 4.77. The van der Waals surface area contributed by atoms with Crippen LogP contribution in [0, 0.1) is 0 Å². The molecule has 0 saturated carbocycles. The highest BCUT2D eigenvalue weighted by atomic mass is 16.5. The highest BCUT2D eigenvalue weighted by Gasteiger charge is 2.14. The fraction of sp³-hybridized carbons (Fsp3) is 0.750. The van der Waals surface area contributed by atoms with Gasteiger partial charge in [0.25, 0.3) is 0 Å². The van der Waals surface area contributed by atoms with Crippen molar-refractivity contribution in [2.45, 2.75) is 44.8 Å². The van der Waals surface area contributed by atoms with Crippen LogP contribution in [0.15, 0.2) is 12.2 Å². The SMILES string of the molecule is CCOC(=O)CC(O)CNC1CC=CCC1. The van der Waals surface area contributed by atoms with E-state index in [1.165, 1.54) is 0 Å². The first kappa shape index (κ1) is 13.2. The van der Waals surface area contributed by atoms with E-state index in [1.807, 2.05) is 0 Å². The number of ether oxygens (including phenoxy) is 1. The number of hydrogen-bond acceptors (Lipinski definition) is 4. The summed E-state index contributed by atoms with van der Waals surface area (Å²) in [5.41, 5.74) is 0. The van der Waals surface area contributed by atoms with Gasteiger partial charge in [0.2, 0.25) is 0 Å². The molecule has 0 bridgehead atoms. The summed E-state index contributed by atoms with van der Waals surface area (Å²) in [5, 5.41) is 12.9. The fourth-order valence-corrected chi connectivity index (χ4v) is 1.77. The molecule has 0 radical (unpaired) electrons. The fourth-order valence-electron chi connectivity index (χ4n) is 1.77. The van der Waals surface area contributed by atoms with E-state index in [0.717, 1.165) is 19.3 Å². The lowest BCUT2D eigenvalue weighted by molar-refractivity contribution is -0.145. The lowest BCUT2D eigenvalue weighted by atomic mass is 10.0. The predicted octanol–water partition coefficient (Wildman–Crippen LogP) is 0.999. The standard InChI is InChI=1S/C12H21NO3/c1-2-16-12(15)8-11(14)9-13-10-6-4-3-5-7-10/h3-4,10-11,13-14H,2,5-9H2,1H3. The van der Waals surface area contributed by atoms with Crippen LogP contribution in [0.2, 0.25) is 0 Å². The third-order valence-electron chi connectivity index (χ3n) is 2.62. The molecule has 0 aromatic heterocycles. The zero-order valence-electron chi connectivity index (χ0n) is 9.82. The number of aliphatic hydroxyl groups excluding tert-OH is 1. The molecule has 0 amide bonds. The first-order valence-corrected chi connectivity index (χ1v) is 5.94. The lowest BCUT2D eigenvalue weighted by Crippen LogP contribution is -2.37. The molecule has 92 valence electrons. The van der Waals surface area contributed by atoms with Crippen LogP contribution in [0.25, 0.3) is 0 Å². The topological polar surface area (TPSA) is 58.6 Å². The Hall–Kier alpha value is -0.870. The molecule has 0 spiro atoms. The minimum Gasteiger partial charge on any atom is -0.466 e. The summed E-state index contributed by atoms with van der Waals surface area (Å²) in [4.78, 5) is 11.1. The Morgan fingerprint density at radius 3 is 3.06 bits per heavy atom. The average molecular weight is 227 g/mol. The van der Waals surface area contributed by atoms with Crippen LogP contribution in [0.1, 0.15) is 32.6 Å². The van der Waals surface area contributed by atoms with Gasteiger partial charge < -0.3 is 15.2 Å². The Kier molecular flexibility index (Phi) is 6.11. The second-order valence-electron chi connectivity index (χ2n) is 4.05. The van der Waals surface area contributed by atoms with E-state index in [1.54, 1.807) is 6.92 Å². The van der Waals surface area contributed by atoms with Crippen molar-refractivity contribution in [3.05, 3.63) is 12.2 Å². The molecule has 1 aliphatic rings. The summed E-state index contributed by atoms with van der Waals surface area (Å²) in [6.07, 6.45) is 6.94. The number of esters is 1. The van der Waals surface area contributed by atoms with E-state index in [-0.39, 0.29) is 12.4 Å². The van der Waals surface area contributed by atoms with Gasteiger partial charge >= 0.3 is 5.97 Å². The molecule has 2 atom stereocenters. The van der Waals surface area contributed by atoms with Crippen molar-refractivity contribution in [1.29, 1.82) is 0 Å². The van der Waals surface area contributed by atoms with Crippen LogP contribution in [0.5, 0.6) is 0 Å². The van der Waals surface area contributed by atoms with Crippen LogP contribution < -0.4 is 5.32 Å². The van der Waals surface area contributed by atoms with E-state index in [2.05, 4.69) is 17.5 Å². The molecule has 16 heavy (non-hydrogen) atoms. The maximum absolute atomic E-state index is 11.1. The van der Waals surface area contributed by atoms with E-state index in [4.69, 9.17) is 4.74 Å². The van der Waals surface area contributed by atoms with E-state index < -0.39 is 6.10 Å². The molecule has 4 heteroatoms. The van der Waals surface area contributed by atoms with Gasteiger partial charge in [0.15, 0.2) is 0 Å². The molecule has 0 saturated heterocycles. The second kappa shape index (κ2) is 7.41. The van der Waals surface area contributed by atoms with Crippen LogP contribution in [-0.4, -0.2) is 36.4 Å². The van der Waals surface area contributed by atoms with E-state index >= 15 is 0 Å². The van der Waals surface area contributed by atoms with Gasteiger partial charge in [0.05, 0.1) is 19.1 Å². The van der Waals surface area contributed by atoms with Crippen LogP contribution >= 0.6 is 0 Å². The largest absolute Gasteiger partial charge is 0.466 e. The second-order valence-corrected chi connectivity index (χ2v) is 4.05. The number of hydrogen-bond donors (Lipinski definition) is 2. The minimum atomic E-state index is -0.648. The minimum absolute atomic E-state index is 0.0728. The van der Waals surface area contributed by atoms with Gasteiger partial charge in [0.1, 0.15) is 0 Å². The van der Waals surface area contributed by atoms with Crippen molar-refractivity contribution in [2.24, 2.45) is 0 Å². The number of nitrogens with one attached hydrogen (secondary N) is 1. The summed E-state index contributed by atoms with van der Waals surface area (Å²) in [6.45, 7) is 2.58. The highest BCUT2D eigenvalue weighted by Crippen LogP contribution is 2.10. The predicted molar refractivity (Wildman–Crippen MR) is 62.0 cm³/mol. The molecule has 1 rings (SSSR count). The molecule has 4 nitrogen and oxygen atoms in total. The lowest BCUT2D eigenvalue weighted by Gasteiger charge is -2.21. The first-order valence-electron chi connectivity index (χ1n) is 5.94. The summed E-state index contributed by atoms with van der Waals surface area (Å²) in [7, 11) is 0. The van der Waals surface area contributed by atoms with Gasteiger partial charge in [-0.15, -0.1) is 0 Å². The molecule has 0 fully saturated rings. The van der Waals surface area contributed by atoms with Crippen molar-refractivity contribution in [3.8, 4) is 0 Å². The molecule has 2 N–H and O–H groups in total. The van der Waals surface area contributed by atoms with Gasteiger partial charge in [-0.2, -0.15) is 0 Å². The number of carbonyl (C=O) groups excluding carboxylic acids is 1. The summed E-state index contributed by atoms with van der Waals surface area (Å²) in [6, 6.07) is 0.432. The third kappa shape index (κ3) is 5.28. The number of carbonyl (C=O) groups is 1. The van der Waals surface area contributed by atoms with Gasteiger partial charge in [-0.25, -0.2) is 0 Å². The van der Waals surface area contributed by atoms with E-state index in [9.17, 15) is 9.90 Å².